The van der Waals surface area contributed by atoms with E-state index in [0.717, 1.165) is 19.4 Å². The van der Waals surface area contributed by atoms with Crippen LogP contribution in [-0.2, 0) is 4.74 Å². The second kappa shape index (κ2) is 5.58. The Hall–Kier alpha value is -1.71. The summed E-state index contributed by atoms with van der Waals surface area (Å²) in [5.41, 5.74) is -0.181. The highest BCUT2D eigenvalue weighted by molar-refractivity contribution is 7.15. The van der Waals surface area contributed by atoms with E-state index in [9.17, 15) is 10.1 Å². The molecule has 1 aliphatic heterocycles. The number of imidazole rings is 1. The average Bonchev–Trinajstić information content (AvgIpc) is 3.10. The molecule has 114 valence electrons. The summed E-state index contributed by atoms with van der Waals surface area (Å²) in [6.07, 6.45) is 3.71. The first kappa shape index (κ1) is 14.2. The van der Waals surface area contributed by atoms with Gasteiger partial charge in [-0.15, -0.1) is 0 Å². The molecule has 2 aromatic rings. The molecule has 3 heterocycles. The molecule has 1 atom stereocenters. The third kappa shape index (κ3) is 2.59. The van der Waals surface area contributed by atoms with Crippen LogP contribution in [0.3, 0.4) is 0 Å². The monoisotopic (exact) mass is 311 g/mol. The number of nitro groups is 1. The van der Waals surface area contributed by atoms with Gasteiger partial charge in [0, 0.05) is 19.0 Å². The third-order valence-electron chi connectivity index (χ3n) is 3.76. The number of nitrogens with one attached hydrogen (secondary N) is 2. The fourth-order valence-corrected chi connectivity index (χ4v) is 3.50. The van der Waals surface area contributed by atoms with Crippen molar-refractivity contribution in [2.24, 2.45) is 0 Å². The quantitative estimate of drug-likeness (QED) is 0.620. The van der Waals surface area contributed by atoms with E-state index in [2.05, 4.69) is 15.6 Å². The number of methoxy groups -OCH3 is 1. The molecule has 1 aliphatic rings. The molecule has 1 saturated heterocycles. The third-order valence-corrected chi connectivity index (χ3v) is 4.51. The van der Waals surface area contributed by atoms with Crippen molar-refractivity contribution < 1.29 is 9.66 Å². The highest BCUT2D eigenvalue weighted by Gasteiger charge is 2.34. The van der Waals surface area contributed by atoms with Gasteiger partial charge in [0.25, 0.3) is 4.96 Å². The summed E-state index contributed by atoms with van der Waals surface area (Å²) >= 11 is 1.37. The standard InChI is InChI=1S/C12H17N5O3S/c1-20-8-12(3-2-4-14-12)7-13-9-10(17(18)19)16-5-6-21-11(16)15-9/h5-6,13-14H,2-4,7-8H2,1H3. The number of fused-ring (bicyclic) bond motifs is 1. The van der Waals surface area contributed by atoms with Crippen molar-refractivity contribution in [2.45, 2.75) is 18.4 Å². The number of hydrogen-bond donors (Lipinski definition) is 2. The van der Waals surface area contributed by atoms with Crippen LogP contribution >= 0.6 is 11.3 Å². The van der Waals surface area contributed by atoms with Crippen LogP contribution in [-0.4, -0.2) is 46.7 Å². The van der Waals surface area contributed by atoms with Gasteiger partial charge in [-0.1, -0.05) is 11.3 Å². The largest absolute Gasteiger partial charge is 0.383 e. The molecule has 2 aromatic heterocycles. The van der Waals surface area contributed by atoms with Gasteiger partial charge in [0.05, 0.1) is 12.1 Å². The van der Waals surface area contributed by atoms with Crippen molar-refractivity contribution in [3.05, 3.63) is 21.7 Å². The topological polar surface area (TPSA) is 93.7 Å². The van der Waals surface area contributed by atoms with Gasteiger partial charge in [-0.05, 0) is 24.3 Å². The van der Waals surface area contributed by atoms with E-state index in [0.29, 0.717) is 23.9 Å². The molecular weight excluding hydrogens is 294 g/mol. The molecule has 0 amide bonds. The molecule has 0 saturated carbocycles. The summed E-state index contributed by atoms with van der Waals surface area (Å²) in [5.74, 6) is 0.299. The Kier molecular flexibility index (Phi) is 3.79. The maximum Gasteiger partial charge on any atom is 0.372 e. The number of thiazole rings is 1. The normalized spacial score (nSPS) is 22.0. The summed E-state index contributed by atoms with van der Waals surface area (Å²) in [6, 6.07) is 0. The van der Waals surface area contributed by atoms with Gasteiger partial charge in [0.2, 0.25) is 5.82 Å². The molecule has 9 heteroatoms. The Morgan fingerprint density at radius 3 is 3.24 bits per heavy atom. The molecular formula is C12H17N5O3S. The van der Waals surface area contributed by atoms with Crippen LogP contribution in [0.25, 0.3) is 4.96 Å². The Labute approximate surface area is 125 Å². The van der Waals surface area contributed by atoms with Crippen molar-refractivity contribution in [3.63, 3.8) is 0 Å². The van der Waals surface area contributed by atoms with Gasteiger partial charge in [-0.25, -0.2) is 0 Å². The Balaban J connectivity index is 1.82. The number of anilines is 1. The zero-order valence-corrected chi connectivity index (χ0v) is 12.5. The first-order valence-corrected chi connectivity index (χ1v) is 7.61. The summed E-state index contributed by atoms with van der Waals surface area (Å²) < 4.78 is 6.78. The first-order valence-electron chi connectivity index (χ1n) is 6.73. The predicted molar refractivity (Wildman–Crippen MR) is 80.1 cm³/mol. The number of hydrogen-bond acceptors (Lipinski definition) is 7. The Morgan fingerprint density at radius 1 is 1.71 bits per heavy atom. The number of nitrogens with zero attached hydrogens (tertiary/aromatic N) is 3. The van der Waals surface area contributed by atoms with Crippen molar-refractivity contribution in [3.8, 4) is 0 Å². The molecule has 1 unspecified atom stereocenters. The number of ether oxygens (including phenoxy) is 1. The summed E-state index contributed by atoms with van der Waals surface area (Å²) in [4.78, 5) is 15.8. The Morgan fingerprint density at radius 2 is 2.57 bits per heavy atom. The molecule has 0 radical (unpaired) electrons. The Bertz CT molecular complexity index is 646. The minimum absolute atomic E-state index is 0.0168. The van der Waals surface area contributed by atoms with E-state index in [1.54, 1.807) is 18.7 Å². The van der Waals surface area contributed by atoms with Crippen LogP contribution in [0.4, 0.5) is 11.6 Å². The van der Waals surface area contributed by atoms with Gasteiger partial charge in [-0.3, -0.25) is 0 Å². The highest BCUT2D eigenvalue weighted by Crippen LogP contribution is 2.29. The van der Waals surface area contributed by atoms with Crippen LogP contribution in [0.15, 0.2) is 11.6 Å². The van der Waals surface area contributed by atoms with E-state index in [-0.39, 0.29) is 11.4 Å². The predicted octanol–water partition coefficient (Wildman–Crippen LogP) is 1.48. The molecule has 0 aromatic carbocycles. The molecule has 21 heavy (non-hydrogen) atoms. The highest BCUT2D eigenvalue weighted by atomic mass is 32.1. The smallest absolute Gasteiger partial charge is 0.372 e. The lowest BCUT2D eigenvalue weighted by molar-refractivity contribution is -0.389. The fourth-order valence-electron chi connectivity index (χ4n) is 2.79. The van der Waals surface area contributed by atoms with Gasteiger partial charge >= 0.3 is 5.82 Å². The molecule has 2 N–H and O–H groups in total. The van der Waals surface area contributed by atoms with E-state index < -0.39 is 4.92 Å². The summed E-state index contributed by atoms with van der Waals surface area (Å²) in [6.45, 7) is 2.05. The molecule has 0 bridgehead atoms. The molecule has 8 nitrogen and oxygen atoms in total. The van der Waals surface area contributed by atoms with Gasteiger partial charge in [-0.2, -0.15) is 9.38 Å². The van der Waals surface area contributed by atoms with Gasteiger partial charge in [0.15, 0.2) is 0 Å². The molecule has 3 rings (SSSR count). The van der Waals surface area contributed by atoms with Crippen LogP contribution < -0.4 is 10.6 Å². The molecule has 0 spiro atoms. The average molecular weight is 311 g/mol. The van der Waals surface area contributed by atoms with Crippen molar-refractivity contribution in [1.29, 1.82) is 0 Å². The first-order chi connectivity index (χ1) is 10.2. The van der Waals surface area contributed by atoms with Crippen molar-refractivity contribution >= 4 is 27.9 Å². The van der Waals surface area contributed by atoms with E-state index in [1.165, 1.54) is 15.7 Å². The summed E-state index contributed by atoms with van der Waals surface area (Å²) in [7, 11) is 1.66. The molecule has 1 fully saturated rings. The lowest BCUT2D eigenvalue weighted by Gasteiger charge is -2.28. The van der Waals surface area contributed by atoms with Crippen LogP contribution in [0.1, 0.15) is 12.8 Å². The SMILES string of the molecule is COCC1(CNc2nc3sccn3c2[N+](=O)[O-])CCCN1. The second-order valence-corrected chi connectivity index (χ2v) is 6.07. The minimum Gasteiger partial charge on any atom is -0.383 e. The van der Waals surface area contributed by atoms with Crippen molar-refractivity contribution in [2.75, 3.05) is 32.1 Å². The molecule has 0 aliphatic carbocycles. The zero-order valence-electron chi connectivity index (χ0n) is 11.7. The number of rotatable bonds is 6. The van der Waals surface area contributed by atoms with Crippen LogP contribution in [0.2, 0.25) is 0 Å². The van der Waals surface area contributed by atoms with Gasteiger partial charge < -0.3 is 25.5 Å². The van der Waals surface area contributed by atoms with E-state index in [4.69, 9.17) is 4.74 Å². The van der Waals surface area contributed by atoms with Crippen LogP contribution in [0.5, 0.6) is 0 Å². The van der Waals surface area contributed by atoms with Gasteiger partial charge in [0.1, 0.15) is 6.20 Å². The maximum atomic E-state index is 11.3. The summed E-state index contributed by atoms with van der Waals surface area (Å²) in [5, 5.41) is 19.6. The minimum atomic E-state index is -0.403. The fraction of sp³-hybridized carbons (Fsp3) is 0.583. The van der Waals surface area contributed by atoms with Crippen molar-refractivity contribution in [1.82, 2.24) is 14.7 Å². The second-order valence-electron chi connectivity index (χ2n) is 5.19. The van der Waals surface area contributed by atoms with Crippen LogP contribution in [0, 0.1) is 10.1 Å². The zero-order chi connectivity index (χ0) is 14.9. The van der Waals surface area contributed by atoms with E-state index in [1.807, 2.05) is 0 Å². The lowest BCUT2D eigenvalue weighted by atomic mass is 9.99. The van der Waals surface area contributed by atoms with E-state index >= 15 is 0 Å². The maximum absolute atomic E-state index is 11.3. The lowest BCUT2D eigenvalue weighted by Crippen LogP contribution is -2.49. The number of aromatic nitrogens is 2.